The maximum Gasteiger partial charge on any atom is 0.268 e. The van der Waals surface area contributed by atoms with Gasteiger partial charge < -0.3 is 0 Å². The monoisotopic (exact) mass is 350 g/mol. The third-order valence-corrected chi connectivity index (χ3v) is 4.23. The number of aromatic nitrogens is 3. The van der Waals surface area contributed by atoms with E-state index in [1.165, 1.54) is 12.4 Å². The Hall–Kier alpha value is -1.68. The molecular formula is C9H5BrF2N4O2S. The van der Waals surface area contributed by atoms with Gasteiger partial charge in [0.1, 0.15) is 16.5 Å². The molecule has 19 heavy (non-hydrogen) atoms. The molecule has 0 saturated heterocycles. The van der Waals surface area contributed by atoms with E-state index >= 15 is 0 Å². The molecule has 1 aromatic carbocycles. The average molecular weight is 351 g/mol. The van der Waals surface area contributed by atoms with Gasteiger partial charge in [0.25, 0.3) is 16.0 Å². The Kier molecular flexibility index (Phi) is 3.71. The minimum Gasteiger partial charge on any atom is -0.246 e. The second kappa shape index (κ2) is 5.13. The second-order valence-electron chi connectivity index (χ2n) is 3.27. The Morgan fingerprint density at radius 2 is 1.95 bits per heavy atom. The number of benzene rings is 1. The molecule has 10 heteroatoms. The molecule has 0 bridgehead atoms. The smallest absolute Gasteiger partial charge is 0.246 e. The van der Waals surface area contributed by atoms with Gasteiger partial charge in [0.2, 0.25) is 0 Å². The first-order valence-electron chi connectivity index (χ1n) is 4.71. The molecule has 100 valence electrons. The quantitative estimate of drug-likeness (QED) is 0.910. The van der Waals surface area contributed by atoms with Crippen molar-refractivity contribution in [3.05, 3.63) is 40.6 Å². The number of nitrogens with zero attached hydrogens (tertiary/aromatic N) is 3. The van der Waals surface area contributed by atoms with Crippen molar-refractivity contribution in [1.29, 1.82) is 0 Å². The first kappa shape index (κ1) is 13.7. The lowest BCUT2D eigenvalue weighted by Crippen LogP contribution is -2.17. The maximum atomic E-state index is 13.6. The Morgan fingerprint density at radius 3 is 2.53 bits per heavy atom. The highest BCUT2D eigenvalue weighted by Gasteiger charge is 2.24. The SMILES string of the molecule is O=S(=O)(Nc1nccnn1)c1c(F)cc(F)cc1Br. The van der Waals surface area contributed by atoms with Crippen LogP contribution in [0, 0.1) is 11.6 Å². The zero-order valence-corrected chi connectivity index (χ0v) is 11.4. The highest BCUT2D eigenvalue weighted by Crippen LogP contribution is 2.27. The van der Waals surface area contributed by atoms with Crippen LogP contribution in [-0.4, -0.2) is 23.6 Å². The summed E-state index contributed by atoms with van der Waals surface area (Å²) < 4.78 is 52.0. The number of anilines is 1. The maximum absolute atomic E-state index is 13.6. The van der Waals surface area contributed by atoms with Crippen LogP contribution in [0.3, 0.4) is 0 Å². The van der Waals surface area contributed by atoms with Gasteiger partial charge in [0.05, 0.1) is 12.4 Å². The van der Waals surface area contributed by atoms with E-state index in [-0.39, 0.29) is 10.4 Å². The van der Waals surface area contributed by atoms with Crippen molar-refractivity contribution >= 4 is 31.9 Å². The van der Waals surface area contributed by atoms with Gasteiger partial charge >= 0.3 is 0 Å². The van der Waals surface area contributed by atoms with Crippen molar-refractivity contribution in [3.63, 3.8) is 0 Å². The fraction of sp³-hybridized carbons (Fsp3) is 0. The lowest BCUT2D eigenvalue weighted by molar-refractivity contribution is 0.548. The van der Waals surface area contributed by atoms with Crippen molar-refractivity contribution < 1.29 is 17.2 Å². The molecule has 0 spiro atoms. The molecular weight excluding hydrogens is 346 g/mol. The number of hydrogen-bond donors (Lipinski definition) is 1. The van der Waals surface area contributed by atoms with E-state index in [1.807, 2.05) is 4.72 Å². The van der Waals surface area contributed by atoms with Gasteiger partial charge in [-0.25, -0.2) is 26.9 Å². The highest BCUT2D eigenvalue weighted by molar-refractivity contribution is 9.10. The molecule has 0 unspecified atom stereocenters. The van der Waals surface area contributed by atoms with Gasteiger partial charge in [0.15, 0.2) is 0 Å². The summed E-state index contributed by atoms with van der Waals surface area (Å²) in [5.41, 5.74) is 0. The first-order chi connectivity index (χ1) is 8.90. The van der Waals surface area contributed by atoms with Crippen LogP contribution < -0.4 is 4.72 Å². The van der Waals surface area contributed by atoms with Gasteiger partial charge in [-0.15, -0.1) is 5.10 Å². The van der Waals surface area contributed by atoms with Crippen LogP contribution in [-0.2, 0) is 10.0 Å². The Morgan fingerprint density at radius 1 is 1.21 bits per heavy atom. The zero-order valence-electron chi connectivity index (χ0n) is 9.01. The summed E-state index contributed by atoms with van der Waals surface area (Å²) in [5, 5.41) is 6.82. The summed E-state index contributed by atoms with van der Waals surface area (Å²) in [6, 6.07) is 1.30. The molecule has 1 aromatic heterocycles. The van der Waals surface area contributed by atoms with Gasteiger partial charge in [-0.05, 0) is 22.0 Å². The van der Waals surface area contributed by atoms with E-state index in [1.54, 1.807) is 0 Å². The standard InChI is InChI=1S/C9H5BrF2N4O2S/c10-6-3-5(11)4-7(12)8(6)19(17,18)16-9-13-1-2-14-15-9/h1-4H,(H,13,15,16). The largest absolute Gasteiger partial charge is 0.268 e. The molecule has 0 aliphatic carbocycles. The minimum absolute atomic E-state index is 0.249. The Labute approximate surface area is 115 Å². The summed E-state index contributed by atoms with van der Waals surface area (Å²) in [4.78, 5) is 2.86. The van der Waals surface area contributed by atoms with Crippen LogP contribution in [0.15, 0.2) is 33.9 Å². The third kappa shape index (κ3) is 3.01. The lowest BCUT2D eigenvalue weighted by Gasteiger charge is -2.08. The van der Waals surface area contributed by atoms with E-state index in [2.05, 4.69) is 31.1 Å². The number of halogens is 3. The van der Waals surface area contributed by atoms with Gasteiger partial charge in [-0.1, -0.05) is 0 Å². The number of nitrogens with one attached hydrogen (secondary N) is 1. The number of sulfonamides is 1. The molecule has 6 nitrogen and oxygen atoms in total. The first-order valence-corrected chi connectivity index (χ1v) is 6.99. The predicted molar refractivity (Wildman–Crippen MR) is 64.7 cm³/mol. The summed E-state index contributed by atoms with van der Waals surface area (Å²) in [7, 11) is -4.29. The predicted octanol–water partition coefficient (Wildman–Crippen LogP) is 1.71. The van der Waals surface area contributed by atoms with Crippen LogP contribution in [0.1, 0.15) is 0 Å². The lowest BCUT2D eigenvalue weighted by atomic mass is 10.3. The summed E-state index contributed by atoms with van der Waals surface area (Å²) in [6.45, 7) is 0. The topological polar surface area (TPSA) is 84.8 Å². The molecule has 2 aromatic rings. The molecule has 0 radical (unpaired) electrons. The van der Waals surface area contributed by atoms with Crippen LogP contribution in [0.5, 0.6) is 0 Å². The van der Waals surface area contributed by atoms with Crippen LogP contribution in [0.2, 0.25) is 0 Å². The third-order valence-electron chi connectivity index (χ3n) is 1.94. The van der Waals surface area contributed by atoms with Gasteiger partial charge in [-0.2, -0.15) is 5.10 Å². The molecule has 0 amide bonds. The van der Waals surface area contributed by atoms with Crippen LogP contribution >= 0.6 is 15.9 Å². The number of hydrogen-bond acceptors (Lipinski definition) is 5. The summed E-state index contributed by atoms with van der Waals surface area (Å²) in [6.07, 6.45) is 2.45. The molecule has 0 aliphatic rings. The zero-order chi connectivity index (χ0) is 14.0. The summed E-state index contributed by atoms with van der Waals surface area (Å²) >= 11 is 2.79. The van der Waals surface area contributed by atoms with E-state index < -0.39 is 26.6 Å². The van der Waals surface area contributed by atoms with E-state index in [4.69, 9.17) is 0 Å². The second-order valence-corrected chi connectivity index (χ2v) is 5.74. The van der Waals surface area contributed by atoms with Crippen LogP contribution in [0.25, 0.3) is 0 Å². The highest BCUT2D eigenvalue weighted by atomic mass is 79.9. The van der Waals surface area contributed by atoms with E-state index in [9.17, 15) is 17.2 Å². The molecule has 0 aliphatic heterocycles. The van der Waals surface area contributed by atoms with Crippen LogP contribution in [0.4, 0.5) is 14.7 Å². The molecule has 1 heterocycles. The minimum atomic E-state index is -4.29. The Balaban J connectivity index is 2.46. The van der Waals surface area contributed by atoms with Crippen molar-refractivity contribution in [2.24, 2.45) is 0 Å². The average Bonchev–Trinajstić information content (AvgIpc) is 2.27. The number of rotatable bonds is 3. The van der Waals surface area contributed by atoms with Crippen molar-refractivity contribution in [2.45, 2.75) is 4.90 Å². The molecule has 2 rings (SSSR count). The van der Waals surface area contributed by atoms with Crippen molar-refractivity contribution in [1.82, 2.24) is 15.2 Å². The molecule has 0 saturated carbocycles. The molecule has 0 atom stereocenters. The van der Waals surface area contributed by atoms with Gasteiger partial charge in [-0.3, -0.25) is 0 Å². The van der Waals surface area contributed by atoms with Gasteiger partial charge in [0, 0.05) is 10.5 Å². The fourth-order valence-electron chi connectivity index (χ4n) is 1.25. The van der Waals surface area contributed by atoms with E-state index in [0.717, 1.165) is 6.07 Å². The van der Waals surface area contributed by atoms with E-state index in [0.29, 0.717) is 6.07 Å². The summed E-state index contributed by atoms with van der Waals surface area (Å²) in [5.74, 6) is -2.46. The normalized spacial score (nSPS) is 11.3. The molecule has 0 fully saturated rings. The van der Waals surface area contributed by atoms with Crippen molar-refractivity contribution in [2.75, 3.05) is 4.72 Å². The molecule has 1 N–H and O–H groups in total. The Bertz CT molecular complexity index is 688. The fourth-order valence-corrected chi connectivity index (χ4v) is 3.37. The van der Waals surface area contributed by atoms with Crippen molar-refractivity contribution in [3.8, 4) is 0 Å².